The molecule has 1 fully saturated rings. The number of aliphatic hydroxyl groups is 2. The number of aromatic hydroxyl groups is 1. The van der Waals surface area contributed by atoms with Crippen molar-refractivity contribution in [2.45, 2.75) is 23.7 Å². The van der Waals surface area contributed by atoms with Crippen LogP contribution in [0.25, 0.3) is 5.76 Å². The second-order valence-corrected chi connectivity index (χ2v) is 10.6. The van der Waals surface area contributed by atoms with Crippen LogP contribution in [0.2, 0.25) is 0 Å². The van der Waals surface area contributed by atoms with Crippen LogP contribution in [0.5, 0.6) is 5.75 Å². The summed E-state index contributed by atoms with van der Waals surface area (Å²) in [6.45, 7) is 0. The first-order valence-corrected chi connectivity index (χ1v) is 11.6. The molecule has 188 valence electrons. The van der Waals surface area contributed by atoms with Gasteiger partial charge in [0, 0.05) is 44.3 Å². The van der Waals surface area contributed by atoms with Crippen molar-refractivity contribution in [1.82, 2.24) is 4.90 Å². The highest BCUT2D eigenvalue weighted by Crippen LogP contribution is 2.57. The average molecular weight is 503 g/mol. The maximum absolute atomic E-state index is 14.1. The molecule has 35 heavy (non-hydrogen) atoms. The molecule has 1 aromatic rings. The summed E-state index contributed by atoms with van der Waals surface area (Å²) in [7, 11) is 10.7. The highest BCUT2D eigenvalue weighted by molar-refractivity contribution is 7.22. The molecule has 1 saturated carbocycles. The molecule has 3 aliphatic carbocycles. The monoisotopic (exact) mass is 503 g/mol. The van der Waals surface area contributed by atoms with Crippen LogP contribution in [0.4, 0.5) is 5.69 Å². The van der Waals surface area contributed by atoms with Crippen LogP contribution in [0.1, 0.15) is 11.1 Å². The van der Waals surface area contributed by atoms with Crippen LogP contribution < -0.4 is 10.6 Å². The van der Waals surface area contributed by atoms with E-state index in [-0.39, 0.29) is 23.3 Å². The van der Waals surface area contributed by atoms with Gasteiger partial charge in [-0.2, -0.15) is 0 Å². The van der Waals surface area contributed by atoms with E-state index >= 15 is 0 Å². The summed E-state index contributed by atoms with van der Waals surface area (Å²) in [5.74, 6) is -5.50. The van der Waals surface area contributed by atoms with Gasteiger partial charge in [0.1, 0.15) is 28.0 Å². The van der Waals surface area contributed by atoms with E-state index in [9.17, 15) is 29.7 Å². The second kappa shape index (κ2) is 8.33. The number of phenols is 1. The lowest BCUT2D eigenvalue weighted by Gasteiger charge is -2.54. The molecule has 0 radical (unpaired) electrons. The van der Waals surface area contributed by atoms with E-state index in [1.807, 2.05) is 19.0 Å². The fourth-order valence-corrected chi connectivity index (χ4v) is 6.69. The van der Waals surface area contributed by atoms with Crippen molar-refractivity contribution in [3.63, 3.8) is 0 Å². The number of fused-ring (bicyclic) bond motifs is 3. The molecule has 3 aliphatic rings. The summed E-state index contributed by atoms with van der Waals surface area (Å²) >= 11 is 0. The number of nitrogens with zero attached hydrogens (tertiary/aromatic N) is 2. The largest absolute Gasteiger partial charge is 0.510 e. The Morgan fingerprint density at radius 1 is 1.17 bits per heavy atom. The lowest BCUT2D eigenvalue weighted by molar-refractivity contribution is -0.139. The Balaban J connectivity index is 2.07. The SMILES string of the molecule is CO[C@@H]1[C@H]2[C@H](N(C)C)C(=O)C(C(N)=O)=C(O)[C@@]2(P)C(=O)C2=C(O)c3c(O)ccc(N(C)C)c3C[C@H]21. The topological polar surface area (TPSA) is 154 Å². The molecule has 0 saturated heterocycles. The Hall–Kier alpha value is -2.94. The van der Waals surface area contributed by atoms with E-state index in [0.29, 0.717) is 5.56 Å². The molecule has 0 heterocycles. The predicted octanol–water partition coefficient (Wildman–Crippen LogP) is 0.538. The van der Waals surface area contributed by atoms with Gasteiger partial charge in [-0.15, -0.1) is 9.24 Å². The number of rotatable bonds is 4. The summed E-state index contributed by atoms with van der Waals surface area (Å²) in [6, 6.07) is 2.15. The number of likely N-dealkylation sites (N-methyl/N-ethyl adjacent to an activating group) is 1. The quantitative estimate of drug-likeness (QED) is 0.340. The van der Waals surface area contributed by atoms with Crippen LogP contribution in [-0.4, -0.2) is 90.3 Å². The van der Waals surface area contributed by atoms with Gasteiger partial charge in [-0.3, -0.25) is 19.3 Å². The zero-order valence-corrected chi connectivity index (χ0v) is 21.3. The lowest BCUT2D eigenvalue weighted by atomic mass is 9.57. The summed E-state index contributed by atoms with van der Waals surface area (Å²) in [5, 5.41) is 31.3. The number of hydrogen-bond donors (Lipinski definition) is 4. The van der Waals surface area contributed by atoms with Gasteiger partial charge >= 0.3 is 0 Å². The number of nitrogens with two attached hydrogens (primary N) is 1. The summed E-state index contributed by atoms with van der Waals surface area (Å²) < 4.78 is 5.89. The van der Waals surface area contributed by atoms with Crippen molar-refractivity contribution in [3.8, 4) is 5.75 Å². The van der Waals surface area contributed by atoms with Gasteiger partial charge in [0.2, 0.25) is 0 Å². The van der Waals surface area contributed by atoms with Gasteiger partial charge in [0.15, 0.2) is 11.6 Å². The third kappa shape index (κ3) is 3.23. The first kappa shape index (κ1) is 25.2. The number of primary amides is 1. The van der Waals surface area contributed by atoms with E-state index in [0.717, 1.165) is 5.69 Å². The number of benzene rings is 1. The van der Waals surface area contributed by atoms with Crippen LogP contribution >= 0.6 is 9.24 Å². The van der Waals surface area contributed by atoms with Gasteiger partial charge in [0.25, 0.3) is 5.91 Å². The van der Waals surface area contributed by atoms with Gasteiger partial charge in [0.05, 0.1) is 17.7 Å². The van der Waals surface area contributed by atoms with Crippen LogP contribution in [-0.2, 0) is 25.5 Å². The third-order valence-corrected chi connectivity index (χ3v) is 8.41. The molecular weight excluding hydrogens is 473 g/mol. The third-order valence-electron chi connectivity index (χ3n) is 7.49. The minimum absolute atomic E-state index is 0.0379. The molecular formula is C24H30N3O7P. The Morgan fingerprint density at radius 2 is 1.80 bits per heavy atom. The smallest absolute Gasteiger partial charge is 0.255 e. The Bertz CT molecular complexity index is 1220. The number of carbonyl (C=O) groups excluding carboxylic acids is 3. The second-order valence-electron chi connectivity index (χ2n) is 9.71. The maximum Gasteiger partial charge on any atom is 0.255 e. The maximum atomic E-state index is 14.1. The average Bonchev–Trinajstić information content (AvgIpc) is 2.75. The van der Waals surface area contributed by atoms with Crippen molar-refractivity contribution >= 4 is 38.2 Å². The number of amides is 1. The molecule has 0 aliphatic heterocycles. The Morgan fingerprint density at radius 3 is 2.31 bits per heavy atom. The van der Waals surface area contributed by atoms with E-state index in [2.05, 4.69) is 9.24 Å². The fraction of sp³-hybridized carbons (Fsp3) is 0.458. The number of carbonyl (C=O) groups is 3. The zero-order chi connectivity index (χ0) is 26.1. The van der Waals surface area contributed by atoms with Gasteiger partial charge in [-0.25, -0.2) is 0 Å². The van der Waals surface area contributed by atoms with E-state index in [4.69, 9.17) is 10.5 Å². The zero-order valence-electron chi connectivity index (χ0n) is 20.2. The minimum Gasteiger partial charge on any atom is -0.510 e. The highest BCUT2D eigenvalue weighted by atomic mass is 31.0. The number of Topliss-reactive ketones (excluding diaryl/α,β-unsaturated/α-hetero) is 2. The van der Waals surface area contributed by atoms with Crippen molar-refractivity contribution < 1.29 is 34.4 Å². The minimum atomic E-state index is -1.86. The molecule has 1 amide bonds. The molecule has 1 unspecified atom stereocenters. The van der Waals surface area contributed by atoms with Crippen LogP contribution in [0, 0.1) is 11.8 Å². The van der Waals surface area contributed by atoms with E-state index < -0.39 is 63.7 Å². The predicted molar refractivity (Wildman–Crippen MR) is 132 cm³/mol. The molecule has 6 atom stereocenters. The Labute approximate surface area is 205 Å². The number of ether oxygens (including phenoxy) is 1. The first-order valence-electron chi connectivity index (χ1n) is 11.1. The number of aliphatic hydroxyl groups excluding tert-OH is 2. The molecule has 0 bridgehead atoms. The lowest BCUT2D eigenvalue weighted by Crippen LogP contribution is -2.68. The highest BCUT2D eigenvalue weighted by Gasteiger charge is 2.66. The summed E-state index contributed by atoms with van der Waals surface area (Å²) in [6.07, 6.45) is -0.583. The van der Waals surface area contributed by atoms with E-state index in [1.165, 1.54) is 13.2 Å². The molecule has 0 spiro atoms. The summed E-state index contributed by atoms with van der Waals surface area (Å²) in [4.78, 5) is 43.1. The normalized spacial score (nSPS) is 30.3. The molecule has 5 N–H and O–H groups in total. The van der Waals surface area contributed by atoms with Gasteiger partial charge < -0.3 is 30.7 Å². The number of anilines is 1. The van der Waals surface area contributed by atoms with Crippen molar-refractivity contribution in [2.75, 3.05) is 40.2 Å². The number of phenolic OH excluding ortho intramolecular Hbond substituents is 1. The van der Waals surface area contributed by atoms with Crippen molar-refractivity contribution in [3.05, 3.63) is 40.2 Å². The standard InChI is InChI=1S/C24H30N3O7P/c1-26(2)11-6-7-12(28)13-9(11)8-10-14(18(13)29)21(31)24(35)16(20(10)34-5)17(27(3)4)19(30)15(22(24)32)23(25)33/h6-7,10,16-17,20,28-29,32H,8,35H2,1-5H3,(H2,25,33)/t10-,16-,17+,20+,24+/m1/s1. The van der Waals surface area contributed by atoms with Crippen molar-refractivity contribution in [2.24, 2.45) is 17.6 Å². The molecule has 4 rings (SSSR count). The first-order chi connectivity index (χ1) is 16.3. The van der Waals surface area contributed by atoms with Crippen LogP contribution in [0.3, 0.4) is 0 Å². The number of ketones is 2. The van der Waals surface area contributed by atoms with Crippen LogP contribution in [0.15, 0.2) is 29.0 Å². The molecule has 1 aromatic carbocycles. The van der Waals surface area contributed by atoms with Crippen molar-refractivity contribution in [1.29, 1.82) is 0 Å². The molecule has 0 aromatic heterocycles. The number of allylic oxidation sites excluding steroid dienone is 1. The molecule has 10 nitrogen and oxygen atoms in total. The molecule has 11 heteroatoms. The van der Waals surface area contributed by atoms with E-state index in [1.54, 1.807) is 25.1 Å². The summed E-state index contributed by atoms with van der Waals surface area (Å²) in [5.41, 5.74) is 6.27. The van der Waals surface area contributed by atoms with Gasteiger partial charge in [-0.1, -0.05) is 0 Å². The van der Waals surface area contributed by atoms with Gasteiger partial charge in [-0.05, 0) is 38.2 Å². The Kier molecular flexibility index (Phi) is 5.99. The fourth-order valence-electron chi connectivity index (χ4n) is 6.02. The number of hydrogen-bond acceptors (Lipinski definition) is 9. The number of methoxy groups -OCH3 is 1.